The molecule has 35 heavy (non-hydrogen) atoms. The minimum Gasteiger partial charge on any atom is -0.465 e. The van der Waals surface area contributed by atoms with E-state index in [2.05, 4.69) is 11.3 Å². The highest BCUT2D eigenvalue weighted by Crippen LogP contribution is 2.56. The summed E-state index contributed by atoms with van der Waals surface area (Å²) in [6, 6.07) is -1.06. The Balaban J connectivity index is 4.19. The smallest absolute Gasteiger partial charge is 0.430 e. The third-order valence-corrected chi connectivity index (χ3v) is 4.47. The van der Waals surface area contributed by atoms with Gasteiger partial charge < -0.3 is 19.3 Å². The summed E-state index contributed by atoms with van der Waals surface area (Å²) in [6.07, 6.45) is -27.3. The molecule has 0 aliphatic carbocycles. The van der Waals surface area contributed by atoms with E-state index in [-0.39, 0.29) is 18.7 Å². The summed E-state index contributed by atoms with van der Waals surface area (Å²) in [4.78, 5) is 0. The average Bonchev–Trinajstić information content (AvgIpc) is 2.63. The molecule has 0 saturated carbocycles. The second kappa shape index (κ2) is 10.0. The van der Waals surface area contributed by atoms with Crippen LogP contribution < -0.4 is 4.74 Å². The lowest BCUT2D eigenvalue weighted by atomic mass is 9.85. The van der Waals surface area contributed by atoms with Crippen LogP contribution in [-0.4, -0.2) is 49.3 Å². The summed E-state index contributed by atoms with van der Waals surface area (Å²) in [7, 11) is 0. The molecule has 0 heterocycles. The van der Waals surface area contributed by atoms with Crippen molar-refractivity contribution >= 4 is 0 Å². The summed E-state index contributed by atoms with van der Waals surface area (Å²) < 4.78 is 177. The molecule has 1 rings (SSSR count). The van der Waals surface area contributed by atoms with Gasteiger partial charge in [-0.15, -0.1) is 6.58 Å². The molecule has 1 aromatic rings. The highest BCUT2D eigenvalue weighted by Gasteiger charge is 2.75. The summed E-state index contributed by atoms with van der Waals surface area (Å²) in [5.41, 5.74) is -16.0. The molecule has 0 aliphatic rings. The third kappa shape index (κ3) is 5.80. The molecule has 0 saturated heterocycles. The van der Waals surface area contributed by atoms with Crippen molar-refractivity contribution in [1.82, 2.24) is 0 Å². The van der Waals surface area contributed by atoms with Crippen LogP contribution >= 0.6 is 0 Å². The lowest BCUT2D eigenvalue weighted by molar-refractivity contribution is -0.387. The first-order chi connectivity index (χ1) is 15.6. The van der Waals surface area contributed by atoms with E-state index in [1.54, 1.807) is 0 Å². The van der Waals surface area contributed by atoms with Crippen molar-refractivity contribution < 1.29 is 72.0 Å². The van der Waals surface area contributed by atoms with Gasteiger partial charge in [0.05, 0.1) is 6.61 Å². The number of rotatable bonds is 9. The van der Waals surface area contributed by atoms with Crippen LogP contribution in [0.3, 0.4) is 0 Å². The maximum atomic E-state index is 13.8. The van der Waals surface area contributed by atoms with E-state index < -0.39 is 71.7 Å². The van der Waals surface area contributed by atoms with Crippen molar-refractivity contribution in [2.24, 2.45) is 0 Å². The Labute approximate surface area is 190 Å². The van der Waals surface area contributed by atoms with Crippen molar-refractivity contribution in [1.29, 1.82) is 0 Å². The van der Waals surface area contributed by atoms with Crippen LogP contribution in [0.1, 0.15) is 25.0 Å². The van der Waals surface area contributed by atoms with Crippen LogP contribution in [0.15, 0.2) is 30.9 Å². The summed E-state index contributed by atoms with van der Waals surface area (Å²) in [6.45, 7) is 3.60. The van der Waals surface area contributed by atoms with Gasteiger partial charge in [0.15, 0.2) is 6.29 Å². The zero-order chi connectivity index (χ0) is 27.7. The fourth-order valence-electron chi connectivity index (χ4n) is 2.95. The first-order valence-electron chi connectivity index (χ1n) is 9.28. The maximum Gasteiger partial charge on any atom is 0.430 e. The van der Waals surface area contributed by atoms with Gasteiger partial charge in [-0.3, -0.25) is 0 Å². The first-order valence-corrected chi connectivity index (χ1v) is 9.28. The van der Waals surface area contributed by atoms with E-state index in [0.29, 0.717) is 6.08 Å². The minimum atomic E-state index is -6.63. The zero-order valence-corrected chi connectivity index (χ0v) is 17.7. The Hall–Kier alpha value is -2.20. The summed E-state index contributed by atoms with van der Waals surface area (Å²) in [5.74, 6) is -1.34. The molecular weight excluding hydrogens is 520 g/mol. The molecule has 1 atom stereocenters. The molecule has 202 valence electrons. The summed E-state index contributed by atoms with van der Waals surface area (Å²) >= 11 is 0. The maximum absolute atomic E-state index is 13.8. The standard InChI is InChI=1S/C19H18F12O4/c1-4-6-34-15(18(26,27)28,19(29,30)31)12-7-11(8-13(9-12)35-10(3)33-5-2)14(32,16(20,21)22)17(23,24)25/h4,7-10,32H,1,5-6H2,2-3H3. The van der Waals surface area contributed by atoms with Crippen LogP contribution in [0.5, 0.6) is 5.75 Å². The van der Waals surface area contributed by atoms with Gasteiger partial charge in [0, 0.05) is 17.7 Å². The highest BCUT2D eigenvalue weighted by atomic mass is 19.4. The van der Waals surface area contributed by atoms with Gasteiger partial charge >= 0.3 is 24.7 Å². The Morgan fingerprint density at radius 3 is 1.66 bits per heavy atom. The number of hydrogen-bond acceptors (Lipinski definition) is 4. The number of benzene rings is 1. The third-order valence-electron chi connectivity index (χ3n) is 4.47. The van der Waals surface area contributed by atoms with Gasteiger partial charge in [0.1, 0.15) is 5.75 Å². The van der Waals surface area contributed by atoms with E-state index in [9.17, 15) is 57.8 Å². The second-order valence-electron chi connectivity index (χ2n) is 6.87. The molecule has 0 amide bonds. The van der Waals surface area contributed by atoms with E-state index >= 15 is 0 Å². The molecule has 1 unspecified atom stereocenters. The molecule has 1 aromatic carbocycles. The van der Waals surface area contributed by atoms with Crippen molar-refractivity contribution in [2.45, 2.75) is 56.0 Å². The highest BCUT2D eigenvalue weighted by molar-refractivity contribution is 5.43. The van der Waals surface area contributed by atoms with E-state index in [1.807, 2.05) is 0 Å². The average molecular weight is 538 g/mol. The monoisotopic (exact) mass is 538 g/mol. The molecule has 0 aromatic heterocycles. The van der Waals surface area contributed by atoms with Crippen molar-refractivity contribution in [2.75, 3.05) is 13.2 Å². The van der Waals surface area contributed by atoms with Crippen LogP contribution in [0.2, 0.25) is 0 Å². The minimum absolute atomic E-state index is 0.115. The fourth-order valence-corrected chi connectivity index (χ4v) is 2.95. The van der Waals surface area contributed by atoms with Gasteiger partial charge in [-0.25, -0.2) is 0 Å². The number of hydrogen-bond donors (Lipinski definition) is 1. The quantitative estimate of drug-likeness (QED) is 0.229. The number of aliphatic hydroxyl groups is 1. The van der Waals surface area contributed by atoms with Gasteiger partial charge in [0.2, 0.25) is 0 Å². The molecule has 0 bridgehead atoms. The van der Waals surface area contributed by atoms with Crippen LogP contribution in [0, 0.1) is 0 Å². The zero-order valence-electron chi connectivity index (χ0n) is 17.7. The Bertz CT molecular complexity index is 843. The molecule has 1 N–H and O–H groups in total. The summed E-state index contributed by atoms with van der Waals surface area (Å²) in [5, 5.41) is 9.63. The lowest BCUT2D eigenvalue weighted by Crippen LogP contribution is -2.57. The molecule has 0 aliphatic heterocycles. The number of halogens is 12. The predicted molar refractivity (Wildman–Crippen MR) is 94.1 cm³/mol. The fraction of sp³-hybridized carbons (Fsp3) is 0.579. The number of alkyl halides is 12. The Morgan fingerprint density at radius 2 is 1.29 bits per heavy atom. The molecular formula is C19H18F12O4. The molecule has 0 spiro atoms. The largest absolute Gasteiger partial charge is 0.465 e. The van der Waals surface area contributed by atoms with Gasteiger partial charge in [-0.1, -0.05) is 6.08 Å². The van der Waals surface area contributed by atoms with Crippen LogP contribution in [0.25, 0.3) is 0 Å². The predicted octanol–water partition coefficient (Wildman–Crippen LogP) is 6.28. The van der Waals surface area contributed by atoms with Gasteiger partial charge in [0.25, 0.3) is 11.2 Å². The SMILES string of the molecule is C=CCOC(c1cc(OC(C)OCC)cc(C(O)(C(F)(F)F)C(F)(F)F)c1)(C(F)(F)F)C(F)(F)F. The normalized spacial score (nSPS) is 15.2. The van der Waals surface area contributed by atoms with E-state index in [4.69, 9.17) is 9.47 Å². The molecule has 0 fully saturated rings. The molecule has 4 nitrogen and oxygen atoms in total. The Morgan fingerprint density at radius 1 is 0.829 bits per heavy atom. The van der Waals surface area contributed by atoms with Gasteiger partial charge in [-0.05, 0) is 32.0 Å². The molecule has 0 radical (unpaired) electrons. The van der Waals surface area contributed by atoms with E-state index in [0.717, 1.165) is 6.92 Å². The molecule has 16 heteroatoms. The van der Waals surface area contributed by atoms with Crippen molar-refractivity contribution in [3.63, 3.8) is 0 Å². The number of ether oxygens (including phenoxy) is 3. The van der Waals surface area contributed by atoms with E-state index in [1.165, 1.54) is 6.92 Å². The van der Waals surface area contributed by atoms with Crippen molar-refractivity contribution in [3.05, 3.63) is 42.0 Å². The lowest BCUT2D eigenvalue weighted by Gasteiger charge is -2.39. The van der Waals surface area contributed by atoms with Crippen molar-refractivity contribution in [3.8, 4) is 5.75 Å². The van der Waals surface area contributed by atoms with Crippen LogP contribution in [0.4, 0.5) is 52.7 Å². The van der Waals surface area contributed by atoms with Crippen LogP contribution in [-0.2, 0) is 20.7 Å². The first kappa shape index (κ1) is 30.8. The Kier molecular flexibility index (Phi) is 8.85. The van der Waals surface area contributed by atoms with Gasteiger partial charge in [-0.2, -0.15) is 52.7 Å². The topological polar surface area (TPSA) is 47.9 Å². The second-order valence-corrected chi connectivity index (χ2v) is 6.87.